The zero-order valence-corrected chi connectivity index (χ0v) is 15.1. The fraction of sp³-hybridized carbons (Fsp3) is 0.550. The quantitative estimate of drug-likeness (QED) is 0.834. The molecule has 1 aromatic carbocycles. The minimum absolute atomic E-state index is 0.198. The lowest BCUT2D eigenvalue weighted by atomic mass is 9.99. The third-order valence-electron chi connectivity index (χ3n) is 5.20. The Hall–Kier alpha value is -1.89. The number of amides is 1. The summed E-state index contributed by atoms with van der Waals surface area (Å²) in [4.78, 5) is 16.9. The van der Waals surface area contributed by atoms with Crippen molar-refractivity contribution in [3.63, 3.8) is 0 Å². The van der Waals surface area contributed by atoms with E-state index >= 15 is 0 Å². The normalized spacial score (nSPS) is 22.5. The first kappa shape index (κ1) is 17.5. The van der Waals surface area contributed by atoms with E-state index in [9.17, 15) is 4.79 Å². The van der Waals surface area contributed by atoms with E-state index in [1.165, 1.54) is 5.56 Å². The second-order valence-corrected chi connectivity index (χ2v) is 7.17. The highest BCUT2D eigenvalue weighted by atomic mass is 16.5. The molecular weight excluding hydrogens is 332 g/mol. The summed E-state index contributed by atoms with van der Waals surface area (Å²) in [5.74, 6) is 0.502. The minimum Gasteiger partial charge on any atom is -0.464 e. The Morgan fingerprint density at radius 3 is 2.81 bits per heavy atom. The van der Waals surface area contributed by atoms with E-state index in [-0.39, 0.29) is 5.91 Å². The van der Waals surface area contributed by atoms with Crippen molar-refractivity contribution in [3.8, 4) is 0 Å². The predicted molar refractivity (Wildman–Crippen MR) is 98.1 cm³/mol. The van der Waals surface area contributed by atoms with E-state index in [0.717, 1.165) is 37.0 Å². The van der Waals surface area contributed by atoms with Crippen LogP contribution in [0.25, 0.3) is 11.0 Å². The third kappa shape index (κ3) is 4.26. The first-order chi connectivity index (χ1) is 12.8. The van der Waals surface area contributed by atoms with Gasteiger partial charge in [-0.1, -0.05) is 12.1 Å². The van der Waals surface area contributed by atoms with Crippen LogP contribution >= 0.6 is 0 Å². The second kappa shape index (κ2) is 8.20. The number of fused-ring (bicyclic) bond motifs is 1. The molecule has 2 aliphatic rings. The van der Waals surface area contributed by atoms with Crippen LogP contribution in [-0.4, -0.2) is 74.9 Å². The number of morpholine rings is 1. The van der Waals surface area contributed by atoms with Crippen LogP contribution in [0.4, 0.5) is 0 Å². The Morgan fingerprint density at radius 1 is 1.08 bits per heavy atom. The Kier molecular flexibility index (Phi) is 5.53. The van der Waals surface area contributed by atoms with Gasteiger partial charge in [0, 0.05) is 37.5 Å². The molecule has 140 valence electrons. The van der Waals surface area contributed by atoms with Gasteiger partial charge in [0.25, 0.3) is 0 Å². The van der Waals surface area contributed by atoms with Crippen molar-refractivity contribution >= 4 is 16.9 Å². The molecule has 0 saturated carbocycles. The molecule has 2 aromatic rings. The fourth-order valence-electron chi connectivity index (χ4n) is 3.74. The molecule has 3 heterocycles. The van der Waals surface area contributed by atoms with Gasteiger partial charge in [-0.3, -0.25) is 9.69 Å². The molecule has 0 radical (unpaired) electrons. The zero-order valence-electron chi connectivity index (χ0n) is 15.1. The molecule has 4 rings (SSSR count). The molecule has 1 atom stereocenters. The molecule has 0 N–H and O–H groups in total. The van der Waals surface area contributed by atoms with Gasteiger partial charge in [0.1, 0.15) is 5.58 Å². The SMILES string of the molecule is O=C(CN1CCOCC1)N1CCOC[C@H](Cc2ccc3ccoc3c2)C1. The lowest BCUT2D eigenvalue weighted by molar-refractivity contribution is -0.133. The number of hydrogen-bond acceptors (Lipinski definition) is 5. The summed E-state index contributed by atoms with van der Waals surface area (Å²) in [6.07, 6.45) is 2.60. The van der Waals surface area contributed by atoms with Crippen LogP contribution in [0.1, 0.15) is 5.56 Å². The molecule has 6 nitrogen and oxygen atoms in total. The van der Waals surface area contributed by atoms with Gasteiger partial charge < -0.3 is 18.8 Å². The number of hydrogen-bond donors (Lipinski definition) is 0. The number of furan rings is 1. The molecule has 26 heavy (non-hydrogen) atoms. The number of ether oxygens (including phenoxy) is 2. The zero-order chi connectivity index (χ0) is 17.8. The van der Waals surface area contributed by atoms with E-state index in [1.54, 1.807) is 6.26 Å². The van der Waals surface area contributed by atoms with Crippen LogP contribution in [-0.2, 0) is 20.7 Å². The van der Waals surface area contributed by atoms with Gasteiger partial charge in [0.05, 0.1) is 39.2 Å². The highest BCUT2D eigenvalue weighted by Crippen LogP contribution is 2.20. The maximum absolute atomic E-state index is 12.7. The van der Waals surface area contributed by atoms with Gasteiger partial charge >= 0.3 is 0 Å². The van der Waals surface area contributed by atoms with E-state index in [1.807, 2.05) is 11.0 Å². The van der Waals surface area contributed by atoms with E-state index in [0.29, 0.717) is 45.4 Å². The van der Waals surface area contributed by atoms with Crippen molar-refractivity contribution in [3.05, 3.63) is 36.1 Å². The Labute approximate surface area is 153 Å². The van der Waals surface area contributed by atoms with E-state index < -0.39 is 0 Å². The largest absolute Gasteiger partial charge is 0.464 e. The number of rotatable bonds is 4. The molecule has 1 aromatic heterocycles. The molecule has 0 bridgehead atoms. The summed E-state index contributed by atoms with van der Waals surface area (Å²) in [7, 11) is 0. The summed E-state index contributed by atoms with van der Waals surface area (Å²) in [5.41, 5.74) is 2.14. The monoisotopic (exact) mass is 358 g/mol. The minimum atomic E-state index is 0.198. The van der Waals surface area contributed by atoms with E-state index in [4.69, 9.17) is 13.9 Å². The molecule has 0 aliphatic carbocycles. The van der Waals surface area contributed by atoms with E-state index in [2.05, 4.69) is 23.1 Å². The van der Waals surface area contributed by atoms with Crippen molar-refractivity contribution in [2.75, 3.05) is 59.2 Å². The summed E-state index contributed by atoms with van der Waals surface area (Å²) in [5, 5.41) is 1.12. The van der Waals surface area contributed by atoms with Crippen LogP contribution in [0.15, 0.2) is 34.9 Å². The number of benzene rings is 1. The standard InChI is InChI=1S/C20H26N2O4/c23-20(14-21-4-8-24-9-5-21)22-6-10-25-15-17(13-22)11-16-1-2-18-3-7-26-19(18)12-16/h1-3,7,12,17H,4-6,8-11,13-15H2/t17-/m1/s1. The van der Waals surface area contributed by atoms with Crippen LogP contribution in [0, 0.1) is 5.92 Å². The summed E-state index contributed by atoms with van der Waals surface area (Å²) >= 11 is 0. The van der Waals surface area contributed by atoms with Crippen LogP contribution < -0.4 is 0 Å². The summed E-state index contributed by atoms with van der Waals surface area (Å²) < 4.78 is 16.6. The maximum Gasteiger partial charge on any atom is 0.236 e. The van der Waals surface area contributed by atoms with Gasteiger partial charge in [-0.15, -0.1) is 0 Å². The second-order valence-electron chi connectivity index (χ2n) is 7.17. The van der Waals surface area contributed by atoms with Gasteiger partial charge in [0.2, 0.25) is 5.91 Å². The Bertz CT molecular complexity index is 738. The molecule has 1 amide bonds. The molecule has 0 spiro atoms. The molecular formula is C20H26N2O4. The van der Waals surface area contributed by atoms with Crippen LogP contribution in [0.3, 0.4) is 0 Å². The highest BCUT2D eigenvalue weighted by Gasteiger charge is 2.24. The Balaban J connectivity index is 1.37. The summed E-state index contributed by atoms with van der Waals surface area (Å²) in [6, 6.07) is 8.30. The highest BCUT2D eigenvalue weighted by molar-refractivity contribution is 5.78. The first-order valence-electron chi connectivity index (χ1n) is 9.40. The average molecular weight is 358 g/mol. The fourth-order valence-corrected chi connectivity index (χ4v) is 3.74. The number of nitrogens with zero attached hydrogens (tertiary/aromatic N) is 2. The predicted octanol–water partition coefficient (Wildman–Crippen LogP) is 1.78. The van der Waals surface area contributed by atoms with Gasteiger partial charge in [-0.2, -0.15) is 0 Å². The Morgan fingerprint density at radius 2 is 1.92 bits per heavy atom. The molecule has 2 saturated heterocycles. The third-order valence-corrected chi connectivity index (χ3v) is 5.20. The molecule has 2 fully saturated rings. The van der Waals surface area contributed by atoms with Crippen molar-refractivity contribution in [2.24, 2.45) is 5.92 Å². The van der Waals surface area contributed by atoms with Gasteiger partial charge in [0.15, 0.2) is 0 Å². The smallest absolute Gasteiger partial charge is 0.236 e. The van der Waals surface area contributed by atoms with Crippen molar-refractivity contribution in [2.45, 2.75) is 6.42 Å². The van der Waals surface area contributed by atoms with Gasteiger partial charge in [-0.25, -0.2) is 0 Å². The van der Waals surface area contributed by atoms with Crippen molar-refractivity contribution in [1.29, 1.82) is 0 Å². The van der Waals surface area contributed by atoms with Crippen molar-refractivity contribution < 1.29 is 18.7 Å². The lowest BCUT2D eigenvalue weighted by Crippen LogP contribution is -2.46. The molecule has 2 aliphatic heterocycles. The lowest BCUT2D eigenvalue weighted by Gasteiger charge is -2.30. The van der Waals surface area contributed by atoms with Gasteiger partial charge in [-0.05, 0) is 24.1 Å². The van der Waals surface area contributed by atoms with Crippen molar-refractivity contribution in [1.82, 2.24) is 9.80 Å². The molecule has 0 unspecified atom stereocenters. The summed E-state index contributed by atoms with van der Waals surface area (Å²) in [6.45, 7) is 6.32. The maximum atomic E-state index is 12.7. The number of carbonyl (C=O) groups is 1. The topological polar surface area (TPSA) is 55.2 Å². The average Bonchev–Trinajstić information content (AvgIpc) is 3.00. The first-order valence-corrected chi connectivity index (χ1v) is 9.40. The number of carbonyl (C=O) groups excluding carboxylic acids is 1. The molecule has 6 heteroatoms. The van der Waals surface area contributed by atoms with Crippen LogP contribution in [0.5, 0.6) is 0 Å². The van der Waals surface area contributed by atoms with Crippen LogP contribution in [0.2, 0.25) is 0 Å².